The van der Waals surface area contributed by atoms with Crippen LogP contribution in [0.2, 0.25) is 0 Å². The highest BCUT2D eigenvalue weighted by Gasteiger charge is 2.06. The quantitative estimate of drug-likeness (QED) is 0.301. The molecule has 2 nitrogen and oxygen atoms in total. The van der Waals surface area contributed by atoms with Crippen LogP contribution in [0.15, 0.2) is 72.8 Å². The molecule has 0 radical (unpaired) electrons. The van der Waals surface area contributed by atoms with Crippen LogP contribution in [0.4, 0.5) is 0 Å². The summed E-state index contributed by atoms with van der Waals surface area (Å²) in [6.45, 7) is 8.66. The molecule has 0 saturated heterocycles. The van der Waals surface area contributed by atoms with E-state index in [1.54, 1.807) is 0 Å². The highest BCUT2D eigenvalue weighted by Crippen LogP contribution is 2.24. The Hall–Kier alpha value is -3.88. The molecule has 0 aliphatic rings. The van der Waals surface area contributed by atoms with Crippen LogP contribution in [-0.4, -0.2) is 0 Å². The average Bonchev–Trinajstić information content (AvgIpc) is 2.81. The molecule has 3 aromatic rings. The van der Waals surface area contributed by atoms with Crippen molar-refractivity contribution in [3.63, 3.8) is 0 Å². The molecule has 0 amide bonds. The molecule has 0 unspecified atom stereocenters. The van der Waals surface area contributed by atoms with E-state index >= 15 is 0 Å². The maximum absolute atomic E-state index is 9.68. The lowest BCUT2D eigenvalue weighted by atomic mass is 9.97. The summed E-state index contributed by atoms with van der Waals surface area (Å²) in [6.07, 6.45) is 3.80. The molecular weight excluding hydrogens is 388 g/mol. The molecule has 0 fully saturated rings. The largest absolute Gasteiger partial charge is 0.192 e. The summed E-state index contributed by atoms with van der Waals surface area (Å²) in [4.78, 5) is 0. The van der Waals surface area contributed by atoms with E-state index in [2.05, 4.69) is 64.1 Å². The Kier molecular flexibility index (Phi) is 7.43. The molecule has 0 bridgehead atoms. The van der Waals surface area contributed by atoms with Crippen molar-refractivity contribution in [3.8, 4) is 12.1 Å². The zero-order chi connectivity index (χ0) is 23.1. The lowest BCUT2D eigenvalue weighted by Gasteiger charge is -2.07. The Morgan fingerprint density at radius 1 is 0.562 bits per heavy atom. The van der Waals surface area contributed by atoms with Crippen molar-refractivity contribution in [1.29, 1.82) is 10.5 Å². The van der Waals surface area contributed by atoms with E-state index in [1.165, 1.54) is 11.1 Å². The molecule has 0 aliphatic heterocycles. The average molecular weight is 417 g/mol. The second kappa shape index (κ2) is 10.4. The van der Waals surface area contributed by atoms with E-state index in [1.807, 2.05) is 60.7 Å². The maximum atomic E-state index is 9.68. The van der Waals surface area contributed by atoms with Gasteiger partial charge in [-0.3, -0.25) is 0 Å². The first-order valence-electron chi connectivity index (χ1n) is 11.0. The van der Waals surface area contributed by atoms with Gasteiger partial charge in [-0.15, -0.1) is 0 Å². The molecule has 0 atom stereocenters. The molecule has 0 heterocycles. The summed E-state index contributed by atoms with van der Waals surface area (Å²) in [5.41, 5.74) is 7.42. The van der Waals surface area contributed by atoms with Crippen LogP contribution in [-0.2, 0) is 0 Å². The molecule has 2 heteroatoms. The van der Waals surface area contributed by atoms with Gasteiger partial charge in [0.1, 0.15) is 0 Å². The van der Waals surface area contributed by atoms with E-state index in [4.69, 9.17) is 0 Å². The molecule has 3 rings (SSSR count). The zero-order valence-electron chi connectivity index (χ0n) is 19.1. The normalized spacial score (nSPS) is 12.0. The zero-order valence-corrected chi connectivity index (χ0v) is 19.1. The molecule has 32 heavy (non-hydrogen) atoms. The fourth-order valence-electron chi connectivity index (χ4n) is 3.48. The highest BCUT2D eigenvalue weighted by atomic mass is 14.3. The molecule has 3 aromatic carbocycles. The number of nitrogens with zero attached hydrogens (tertiary/aromatic N) is 2. The van der Waals surface area contributed by atoms with Gasteiger partial charge in [0.2, 0.25) is 0 Å². The molecule has 0 N–H and O–H groups in total. The van der Waals surface area contributed by atoms with Crippen LogP contribution < -0.4 is 0 Å². The van der Waals surface area contributed by atoms with Gasteiger partial charge in [-0.1, -0.05) is 100 Å². The summed E-state index contributed by atoms with van der Waals surface area (Å²) < 4.78 is 0. The molecule has 158 valence electrons. The van der Waals surface area contributed by atoms with E-state index < -0.39 is 0 Å². The summed E-state index contributed by atoms with van der Waals surface area (Å²) >= 11 is 0. The number of benzene rings is 3. The Morgan fingerprint density at radius 2 is 0.875 bits per heavy atom. The van der Waals surface area contributed by atoms with Crippen LogP contribution in [0.3, 0.4) is 0 Å². The minimum atomic E-state index is 0.478. The van der Waals surface area contributed by atoms with E-state index in [-0.39, 0.29) is 0 Å². The van der Waals surface area contributed by atoms with Gasteiger partial charge in [0, 0.05) is 0 Å². The number of hydrogen-bond acceptors (Lipinski definition) is 2. The van der Waals surface area contributed by atoms with Gasteiger partial charge >= 0.3 is 0 Å². The third-order valence-electron chi connectivity index (χ3n) is 5.58. The van der Waals surface area contributed by atoms with Crippen molar-refractivity contribution >= 4 is 23.3 Å². The van der Waals surface area contributed by atoms with Gasteiger partial charge in [-0.05, 0) is 57.4 Å². The third kappa shape index (κ3) is 5.63. The minimum absolute atomic E-state index is 0.478. The van der Waals surface area contributed by atoms with Crippen molar-refractivity contribution in [3.05, 3.63) is 106 Å². The lowest BCUT2D eigenvalue weighted by Crippen LogP contribution is -1.88. The van der Waals surface area contributed by atoms with E-state index in [0.717, 1.165) is 22.3 Å². The summed E-state index contributed by atoms with van der Waals surface area (Å²) in [6, 6.07) is 28.8. The smallest absolute Gasteiger partial charge is 0.0998 e. The number of allylic oxidation sites excluding steroid dienone is 2. The minimum Gasteiger partial charge on any atom is -0.192 e. The van der Waals surface area contributed by atoms with Crippen molar-refractivity contribution in [2.75, 3.05) is 0 Å². The molecule has 0 saturated carbocycles. The second-order valence-electron chi connectivity index (χ2n) is 8.56. The highest BCUT2D eigenvalue weighted by molar-refractivity contribution is 5.92. The first kappa shape index (κ1) is 22.8. The van der Waals surface area contributed by atoms with Gasteiger partial charge < -0.3 is 0 Å². The molecule has 0 aliphatic carbocycles. The number of rotatable bonds is 6. The Morgan fingerprint density at radius 3 is 1.12 bits per heavy atom. The summed E-state index contributed by atoms with van der Waals surface area (Å²) in [7, 11) is 0. The predicted octanol–water partition coefficient (Wildman–Crippen LogP) is 8.06. The van der Waals surface area contributed by atoms with Crippen molar-refractivity contribution in [1.82, 2.24) is 0 Å². The topological polar surface area (TPSA) is 47.6 Å². The summed E-state index contributed by atoms with van der Waals surface area (Å²) in [5.74, 6) is 0.957. The van der Waals surface area contributed by atoms with Crippen LogP contribution in [0.1, 0.15) is 72.9 Å². The standard InChI is InChI=1S/C30H28N2/c1-21(2)25-9-5-23(6-10-25)17-29(19-31)27-13-15-28(16-14-27)30(20-32)18-24-7-11-26(12-8-24)22(3)4/h5-18,21-22H,1-4H3/b29-17+,30-18+. The fourth-order valence-corrected chi connectivity index (χ4v) is 3.48. The van der Waals surface area contributed by atoms with Crippen LogP contribution in [0, 0.1) is 22.7 Å². The SMILES string of the molecule is CC(C)c1ccc(/C=C(\C#N)c2ccc(/C(C#N)=C/c3ccc(C(C)C)cc3)cc2)cc1. The predicted molar refractivity (Wildman–Crippen MR) is 134 cm³/mol. The first-order valence-corrected chi connectivity index (χ1v) is 11.0. The molecular formula is C30H28N2. The Labute approximate surface area is 191 Å². The van der Waals surface area contributed by atoms with Crippen molar-refractivity contribution in [2.45, 2.75) is 39.5 Å². The van der Waals surface area contributed by atoms with Crippen LogP contribution >= 0.6 is 0 Å². The Bertz CT molecular complexity index is 1090. The molecule has 0 aromatic heterocycles. The van der Waals surface area contributed by atoms with E-state index in [0.29, 0.717) is 23.0 Å². The van der Waals surface area contributed by atoms with Gasteiger partial charge in [-0.25, -0.2) is 0 Å². The maximum Gasteiger partial charge on any atom is 0.0998 e. The third-order valence-corrected chi connectivity index (χ3v) is 5.58. The van der Waals surface area contributed by atoms with E-state index in [9.17, 15) is 10.5 Å². The molecule has 0 spiro atoms. The lowest BCUT2D eigenvalue weighted by molar-refractivity contribution is 0.866. The van der Waals surface area contributed by atoms with Gasteiger partial charge in [0.15, 0.2) is 0 Å². The van der Waals surface area contributed by atoms with Gasteiger partial charge in [0.05, 0.1) is 23.3 Å². The van der Waals surface area contributed by atoms with Gasteiger partial charge in [-0.2, -0.15) is 10.5 Å². The van der Waals surface area contributed by atoms with Crippen LogP contribution in [0.5, 0.6) is 0 Å². The fraction of sp³-hybridized carbons (Fsp3) is 0.200. The Balaban J connectivity index is 1.84. The summed E-state index contributed by atoms with van der Waals surface area (Å²) in [5, 5.41) is 19.4. The monoisotopic (exact) mass is 416 g/mol. The van der Waals surface area contributed by atoms with Crippen molar-refractivity contribution in [2.24, 2.45) is 0 Å². The van der Waals surface area contributed by atoms with Crippen LogP contribution in [0.25, 0.3) is 23.3 Å². The second-order valence-corrected chi connectivity index (χ2v) is 8.56. The van der Waals surface area contributed by atoms with Gasteiger partial charge in [0.25, 0.3) is 0 Å². The van der Waals surface area contributed by atoms with Crippen molar-refractivity contribution < 1.29 is 0 Å². The first-order chi connectivity index (χ1) is 15.4. The number of hydrogen-bond donors (Lipinski definition) is 0. The number of nitriles is 2.